The third-order valence-electron chi connectivity index (χ3n) is 7.17. The van der Waals surface area contributed by atoms with Crippen molar-refractivity contribution >= 4 is 39.5 Å². The van der Waals surface area contributed by atoms with E-state index in [0.29, 0.717) is 34.8 Å². The first-order chi connectivity index (χ1) is 16.7. The third-order valence-corrected chi connectivity index (χ3v) is 7.17. The van der Waals surface area contributed by atoms with Crippen LogP contribution in [0.1, 0.15) is 74.9 Å². The van der Waals surface area contributed by atoms with Gasteiger partial charge < -0.3 is 19.2 Å². The van der Waals surface area contributed by atoms with Gasteiger partial charge in [-0.15, -0.1) is 6.58 Å². The number of carbonyl (C=O) groups is 2. The van der Waals surface area contributed by atoms with Gasteiger partial charge in [-0.2, -0.15) is 0 Å². The SMILES string of the molecule is C=CCC(O)c1ccc2oc3cc(C(=O)OC)c(N(C(=O)C4CCC(C)CC4)C(C)C)cc3c2c1. The molecule has 6 heteroatoms. The fraction of sp³-hybridized carbons (Fsp3) is 0.448. The zero-order chi connectivity index (χ0) is 25.3. The van der Waals surface area contributed by atoms with Crippen LogP contribution in [0, 0.1) is 11.8 Å². The average molecular weight is 478 g/mol. The number of anilines is 1. The molecule has 35 heavy (non-hydrogen) atoms. The molecule has 1 fully saturated rings. The molecule has 1 aromatic heterocycles. The van der Waals surface area contributed by atoms with Gasteiger partial charge in [0, 0.05) is 22.7 Å². The monoisotopic (exact) mass is 477 g/mol. The first-order valence-electron chi connectivity index (χ1n) is 12.5. The van der Waals surface area contributed by atoms with Crippen molar-refractivity contribution in [1.82, 2.24) is 0 Å². The van der Waals surface area contributed by atoms with Gasteiger partial charge in [0.25, 0.3) is 0 Å². The zero-order valence-electron chi connectivity index (χ0n) is 21.0. The minimum Gasteiger partial charge on any atom is -0.465 e. The van der Waals surface area contributed by atoms with E-state index in [-0.39, 0.29) is 17.9 Å². The van der Waals surface area contributed by atoms with E-state index >= 15 is 0 Å². The van der Waals surface area contributed by atoms with Gasteiger partial charge in [0.1, 0.15) is 11.2 Å². The lowest BCUT2D eigenvalue weighted by Gasteiger charge is -2.34. The number of furan rings is 1. The van der Waals surface area contributed by atoms with Gasteiger partial charge in [-0.1, -0.05) is 19.1 Å². The second-order valence-corrected chi connectivity index (χ2v) is 10.0. The van der Waals surface area contributed by atoms with E-state index in [4.69, 9.17) is 9.15 Å². The number of rotatable bonds is 7. The molecule has 1 heterocycles. The number of esters is 1. The topological polar surface area (TPSA) is 80.0 Å². The first-order valence-corrected chi connectivity index (χ1v) is 12.5. The molecular weight excluding hydrogens is 442 g/mol. The molecule has 1 aliphatic carbocycles. The largest absolute Gasteiger partial charge is 0.465 e. The predicted octanol–water partition coefficient (Wildman–Crippen LogP) is 6.55. The van der Waals surface area contributed by atoms with E-state index in [1.807, 2.05) is 38.1 Å². The van der Waals surface area contributed by atoms with Gasteiger partial charge in [-0.3, -0.25) is 4.79 Å². The molecule has 1 saturated carbocycles. The van der Waals surface area contributed by atoms with Crippen LogP contribution < -0.4 is 4.90 Å². The molecule has 186 valence electrons. The number of fused-ring (bicyclic) bond motifs is 3. The molecule has 0 bridgehead atoms. The number of methoxy groups -OCH3 is 1. The van der Waals surface area contributed by atoms with E-state index in [1.165, 1.54) is 7.11 Å². The Labute approximate surface area is 206 Å². The summed E-state index contributed by atoms with van der Waals surface area (Å²) < 4.78 is 11.1. The number of aliphatic hydroxyl groups is 1. The number of carbonyl (C=O) groups excluding carboxylic acids is 2. The highest BCUT2D eigenvalue weighted by atomic mass is 16.5. The summed E-state index contributed by atoms with van der Waals surface area (Å²) in [6, 6.07) is 8.94. The second kappa shape index (κ2) is 10.2. The maximum Gasteiger partial charge on any atom is 0.340 e. The number of aliphatic hydroxyl groups excluding tert-OH is 1. The van der Waals surface area contributed by atoms with Gasteiger partial charge in [-0.25, -0.2) is 4.79 Å². The van der Waals surface area contributed by atoms with Gasteiger partial charge in [-0.05, 0) is 81.7 Å². The van der Waals surface area contributed by atoms with Crippen LogP contribution in [0.25, 0.3) is 21.9 Å². The van der Waals surface area contributed by atoms with Crippen molar-refractivity contribution in [2.24, 2.45) is 11.8 Å². The lowest BCUT2D eigenvalue weighted by molar-refractivity contribution is -0.123. The van der Waals surface area contributed by atoms with Gasteiger partial charge >= 0.3 is 5.97 Å². The second-order valence-electron chi connectivity index (χ2n) is 10.0. The summed E-state index contributed by atoms with van der Waals surface area (Å²) in [4.78, 5) is 28.4. The Morgan fingerprint density at radius 1 is 1.14 bits per heavy atom. The van der Waals surface area contributed by atoms with Crippen LogP contribution in [0.3, 0.4) is 0 Å². The normalized spacial score (nSPS) is 19.1. The van der Waals surface area contributed by atoms with Crippen molar-refractivity contribution < 1.29 is 23.8 Å². The lowest BCUT2D eigenvalue weighted by Crippen LogP contribution is -2.43. The maximum absolute atomic E-state index is 13.8. The van der Waals surface area contributed by atoms with Crippen molar-refractivity contribution in [3.8, 4) is 0 Å². The highest BCUT2D eigenvalue weighted by molar-refractivity contribution is 6.12. The molecule has 0 radical (unpaired) electrons. The molecule has 1 amide bonds. The van der Waals surface area contributed by atoms with Gasteiger partial charge in [0.05, 0.1) is 24.5 Å². The molecule has 1 unspecified atom stereocenters. The van der Waals surface area contributed by atoms with E-state index < -0.39 is 12.1 Å². The lowest BCUT2D eigenvalue weighted by atomic mass is 9.82. The van der Waals surface area contributed by atoms with Crippen LogP contribution in [-0.4, -0.2) is 30.1 Å². The summed E-state index contributed by atoms with van der Waals surface area (Å²) in [6.45, 7) is 9.87. The van der Waals surface area contributed by atoms with E-state index in [2.05, 4.69) is 13.5 Å². The van der Waals surface area contributed by atoms with E-state index in [0.717, 1.165) is 42.0 Å². The maximum atomic E-state index is 13.8. The highest BCUT2D eigenvalue weighted by Crippen LogP contribution is 2.38. The number of hydrogen-bond donors (Lipinski definition) is 1. The molecule has 1 N–H and O–H groups in total. The Morgan fingerprint density at radius 2 is 1.83 bits per heavy atom. The standard InChI is InChI=1S/C29H35NO5/c1-6-7-25(31)20-12-13-26-21(14-20)22-15-24(23(29(33)34-5)16-27(22)35-26)30(17(2)3)28(32)19-10-8-18(4)9-11-19/h6,12-19,25,31H,1,7-11H2,2-5H3. The van der Waals surface area contributed by atoms with E-state index in [9.17, 15) is 14.7 Å². The number of hydrogen-bond acceptors (Lipinski definition) is 5. The average Bonchev–Trinajstić information content (AvgIpc) is 3.20. The molecular formula is C29H35NO5. The van der Waals surface area contributed by atoms with Crippen LogP contribution in [0.4, 0.5) is 5.69 Å². The Kier molecular flexibility index (Phi) is 7.31. The van der Waals surface area contributed by atoms with Crippen molar-refractivity contribution in [3.63, 3.8) is 0 Å². The molecule has 0 aliphatic heterocycles. The minimum absolute atomic E-state index is 0.0475. The molecule has 4 rings (SSSR count). The van der Waals surface area contributed by atoms with Crippen LogP contribution in [0.5, 0.6) is 0 Å². The van der Waals surface area contributed by atoms with E-state index in [1.54, 1.807) is 17.0 Å². The summed E-state index contributed by atoms with van der Waals surface area (Å²) in [7, 11) is 1.34. The first kappa shape index (κ1) is 25.0. The van der Waals surface area contributed by atoms with Crippen molar-refractivity contribution in [1.29, 1.82) is 0 Å². The Balaban J connectivity index is 1.88. The molecule has 0 saturated heterocycles. The molecule has 1 aliphatic rings. The van der Waals surface area contributed by atoms with Crippen LogP contribution in [-0.2, 0) is 9.53 Å². The Hall–Kier alpha value is -3.12. The van der Waals surface area contributed by atoms with Crippen molar-refractivity contribution in [2.75, 3.05) is 12.0 Å². The number of ether oxygens (including phenoxy) is 1. The van der Waals surface area contributed by atoms with Gasteiger partial charge in [0.2, 0.25) is 5.91 Å². The minimum atomic E-state index is -0.668. The summed E-state index contributed by atoms with van der Waals surface area (Å²) in [5.41, 5.74) is 2.76. The Morgan fingerprint density at radius 3 is 2.46 bits per heavy atom. The highest BCUT2D eigenvalue weighted by Gasteiger charge is 2.33. The predicted molar refractivity (Wildman–Crippen MR) is 139 cm³/mol. The molecule has 6 nitrogen and oxygen atoms in total. The van der Waals surface area contributed by atoms with Crippen LogP contribution in [0.15, 0.2) is 47.4 Å². The fourth-order valence-electron chi connectivity index (χ4n) is 5.16. The van der Waals surface area contributed by atoms with Crippen LogP contribution in [0.2, 0.25) is 0 Å². The summed E-state index contributed by atoms with van der Waals surface area (Å²) >= 11 is 0. The van der Waals surface area contributed by atoms with Crippen molar-refractivity contribution in [2.45, 2.75) is 65.0 Å². The summed E-state index contributed by atoms with van der Waals surface area (Å²) in [6.07, 6.45) is 5.24. The summed E-state index contributed by atoms with van der Waals surface area (Å²) in [5, 5.41) is 12.1. The quantitative estimate of drug-likeness (QED) is 0.308. The van der Waals surface area contributed by atoms with Crippen LogP contribution >= 0.6 is 0 Å². The van der Waals surface area contributed by atoms with Crippen molar-refractivity contribution in [3.05, 3.63) is 54.1 Å². The zero-order valence-corrected chi connectivity index (χ0v) is 21.0. The molecule has 1 atom stereocenters. The third kappa shape index (κ3) is 4.85. The number of nitrogens with zero attached hydrogens (tertiary/aromatic N) is 1. The molecule has 2 aromatic carbocycles. The smallest absolute Gasteiger partial charge is 0.340 e. The molecule has 3 aromatic rings. The Bertz CT molecular complexity index is 1250. The summed E-state index contributed by atoms with van der Waals surface area (Å²) in [5.74, 6) is 0.111. The fourth-order valence-corrected chi connectivity index (χ4v) is 5.16. The number of amides is 1. The van der Waals surface area contributed by atoms with Gasteiger partial charge in [0.15, 0.2) is 0 Å². The molecule has 0 spiro atoms. The number of benzene rings is 2.